The highest BCUT2D eigenvalue weighted by Crippen LogP contribution is 2.23. The number of fused-ring (bicyclic) bond motifs is 2. The van der Waals surface area contributed by atoms with Crippen molar-refractivity contribution in [2.24, 2.45) is 0 Å². The van der Waals surface area contributed by atoms with Gasteiger partial charge in [-0.2, -0.15) is 0 Å². The molecule has 0 fully saturated rings. The normalized spacial score (nSPS) is 15.9. The lowest BCUT2D eigenvalue weighted by Crippen LogP contribution is -2.07. The summed E-state index contributed by atoms with van der Waals surface area (Å²) in [5, 5.41) is 0. The molecule has 0 saturated heterocycles. The first-order valence-electron chi connectivity index (χ1n) is 8.33. The second-order valence-electron chi connectivity index (χ2n) is 5.99. The maximum absolute atomic E-state index is 13.0. The van der Waals surface area contributed by atoms with Gasteiger partial charge in [-0.15, -0.1) is 0 Å². The van der Waals surface area contributed by atoms with Crippen LogP contribution in [0.2, 0.25) is 0 Å². The SMILES string of the molecule is CC.CN1Cc2cccc(F)c2C1.CN1Cc2ccccc2C1. The van der Waals surface area contributed by atoms with E-state index in [0.717, 1.165) is 37.3 Å². The molecular formula is C20H27FN2. The van der Waals surface area contributed by atoms with Crippen molar-refractivity contribution in [2.45, 2.75) is 40.0 Å². The van der Waals surface area contributed by atoms with Crippen LogP contribution in [0.4, 0.5) is 4.39 Å². The Bertz CT molecular complexity index is 614. The third-order valence-electron chi connectivity index (χ3n) is 4.08. The summed E-state index contributed by atoms with van der Waals surface area (Å²) in [6, 6.07) is 13.9. The highest BCUT2D eigenvalue weighted by Gasteiger charge is 2.17. The Balaban J connectivity index is 0.000000152. The lowest BCUT2D eigenvalue weighted by atomic mass is 10.1. The van der Waals surface area contributed by atoms with Crippen molar-refractivity contribution in [3.8, 4) is 0 Å². The van der Waals surface area contributed by atoms with Gasteiger partial charge in [-0.25, -0.2) is 4.39 Å². The van der Waals surface area contributed by atoms with Crippen LogP contribution in [0.3, 0.4) is 0 Å². The van der Waals surface area contributed by atoms with Crippen molar-refractivity contribution >= 4 is 0 Å². The zero-order valence-corrected chi connectivity index (χ0v) is 14.6. The molecule has 0 spiro atoms. The molecule has 0 amide bonds. The van der Waals surface area contributed by atoms with Crippen molar-refractivity contribution in [1.82, 2.24) is 9.80 Å². The average Bonchev–Trinajstić information content (AvgIpc) is 3.11. The van der Waals surface area contributed by atoms with Crippen LogP contribution < -0.4 is 0 Å². The van der Waals surface area contributed by atoms with Crippen LogP contribution in [-0.2, 0) is 26.2 Å². The van der Waals surface area contributed by atoms with Gasteiger partial charge in [0.15, 0.2) is 0 Å². The molecule has 2 aliphatic rings. The molecule has 0 aromatic heterocycles. The number of benzene rings is 2. The van der Waals surface area contributed by atoms with E-state index in [-0.39, 0.29) is 5.82 Å². The first-order valence-corrected chi connectivity index (χ1v) is 8.33. The lowest BCUT2D eigenvalue weighted by molar-refractivity contribution is 0.350. The van der Waals surface area contributed by atoms with Gasteiger partial charge in [0.1, 0.15) is 5.82 Å². The van der Waals surface area contributed by atoms with E-state index < -0.39 is 0 Å². The molecule has 2 aliphatic heterocycles. The molecule has 0 N–H and O–H groups in total. The van der Waals surface area contributed by atoms with E-state index in [1.807, 2.05) is 27.0 Å². The minimum absolute atomic E-state index is 0.0631. The number of hydrogen-bond acceptors (Lipinski definition) is 2. The monoisotopic (exact) mass is 314 g/mol. The standard InChI is InChI=1S/C9H10FN.C9H11N.C2H6/c1-11-5-7-3-2-4-9(10)8(7)6-11;1-10-6-8-4-2-3-5-9(8)7-10;1-2/h2-4H,5-6H2,1H3;2-5H,6-7H2,1H3;1-2H3. The molecule has 4 rings (SSSR count). The average molecular weight is 314 g/mol. The van der Waals surface area contributed by atoms with Crippen LogP contribution in [0.5, 0.6) is 0 Å². The van der Waals surface area contributed by atoms with Gasteiger partial charge in [0, 0.05) is 31.7 Å². The molecule has 0 radical (unpaired) electrons. The molecule has 0 bridgehead atoms. The Labute approximate surface area is 139 Å². The molecule has 0 aliphatic carbocycles. The van der Waals surface area contributed by atoms with E-state index in [1.54, 1.807) is 6.07 Å². The third kappa shape index (κ3) is 4.40. The molecular weight excluding hydrogens is 287 g/mol. The highest BCUT2D eigenvalue weighted by molar-refractivity contribution is 5.31. The predicted octanol–water partition coefficient (Wildman–Crippen LogP) is 4.43. The fourth-order valence-electron chi connectivity index (χ4n) is 3.05. The van der Waals surface area contributed by atoms with Crippen LogP contribution in [0.15, 0.2) is 42.5 Å². The van der Waals surface area contributed by atoms with Crippen molar-refractivity contribution < 1.29 is 4.39 Å². The van der Waals surface area contributed by atoms with E-state index >= 15 is 0 Å². The number of nitrogens with zero attached hydrogens (tertiary/aromatic N) is 2. The van der Waals surface area contributed by atoms with Gasteiger partial charge in [0.05, 0.1) is 0 Å². The molecule has 0 unspecified atom stereocenters. The Kier molecular flexibility index (Phi) is 6.31. The summed E-state index contributed by atoms with van der Waals surface area (Å²) in [5.41, 5.74) is 4.98. The molecule has 124 valence electrons. The Hall–Kier alpha value is -1.71. The van der Waals surface area contributed by atoms with E-state index in [9.17, 15) is 4.39 Å². The van der Waals surface area contributed by atoms with Crippen molar-refractivity contribution in [3.63, 3.8) is 0 Å². The van der Waals surface area contributed by atoms with E-state index in [2.05, 4.69) is 41.1 Å². The zero-order chi connectivity index (χ0) is 16.8. The number of halogens is 1. The summed E-state index contributed by atoms with van der Waals surface area (Å²) in [6.45, 7) is 7.88. The topological polar surface area (TPSA) is 6.48 Å². The van der Waals surface area contributed by atoms with Gasteiger partial charge in [0.2, 0.25) is 0 Å². The minimum atomic E-state index is -0.0631. The number of rotatable bonds is 0. The molecule has 2 heterocycles. The molecule has 0 saturated carbocycles. The zero-order valence-electron chi connectivity index (χ0n) is 14.6. The summed E-state index contributed by atoms with van der Waals surface area (Å²) < 4.78 is 13.0. The van der Waals surface area contributed by atoms with E-state index in [0.29, 0.717) is 0 Å². The molecule has 2 aromatic rings. The first-order chi connectivity index (χ1) is 11.1. The van der Waals surface area contributed by atoms with Crippen molar-refractivity contribution in [1.29, 1.82) is 0 Å². The van der Waals surface area contributed by atoms with Crippen molar-refractivity contribution in [3.05, 3.63) is 70.5 Å². The van der Waals surface area contributed by atoms with Gasteiger partial charge in [0.25, 0.3) is 0 Å². The molecule has 0 atom stereocenters. The van der Waals surface area contributed by atoms with Crippen LogP contribution in [0.25, 0.3) is 0 Å². The maximum Gasteiger partial charge on any atom is 0.128 e. The summed E-state index contributed by atoms with van der Waals surface area (Å²) in [7, 11) is 4.15. The van der Waals surface area contributed by atoms with Crippen molar-refractivity contribution in [2.75, 3.05) is 14.1 Å². The fraction of sp³-hybridized carbons (Fsp3) is 0.400. The molecule has 2 nitrogen and oxygen atoms in total. The Morgan fingerprint density at radius 2 is 1.17 bits per heavy atom. The van der Waals surface area contributed by atoms with Gasteiger partial charge in [-0.1, -0.05) is 50.2 Å². The largest absolute Gasteiger partial charge is 0.298 e. The number of hydrogen-bond donors (Lipinski definition) is 0. The second-order valence-corrected chi connectivity index (χ2v) is 5.99. The molecule has 2 aromatic carbocycles. The third-order valence-corrected chi connectivity index (χ3v) is 4.08. The molecule has 23 heavy (non-hydrogen) atoms. The van der Waals surface area contributed by atoms with Crippen LogP contribution >= 0.6 is 0 Å². The van der Waals surface area contributed by atoms with E-state index in [4.69, 9.17) is 0 Å². The lowest BCUT2D eigenvalue weighted by Gasteiger charge is -2.02. The van der Waals surface area contributed by atoms with Gasteiger partial charge < -0.3 is 0 Å². The summed E-state index contributed by atoms with van der Waals surface area (Å²) in [6.07, 6.45) is 0. The maximum atomic E-state index is 13.0. The Morgan fingerprint density at radius 1 is 0.696 bits per heavy atom. The fourth-order valence-corrected chi connectivity index (χ4v) is 3.05. The van der Waals surface area contributed by atoms with Gasteiger partial charge in [-0.05, 0) is 36.9 Å². The second kappa shape index (κ2) is 8.23. The van der Waals surface area contributed by atoms with E-state index in [1.165, 1.54) is 17.2 Å². The first kappa shape index (κ1) is 17.6. The van der Waals surface area contributed by atoms with Crippen LogP contribution in [0.1, 0.15) is 36.1 Å². The highest BCUT2D eigenvalue weighted by atomic mass is 19.1. The van der Waals surface area contributed by atoms with Gasteiger partial charge in [-0.3, -0.25) is 9.80 Å². The predicted molar refractivity (Wildman–Crippen MR) is 94.5 cm³/mol. The Morgan fingerprint density at radius 3 is 1.74 bits per heavy atom. The smallest absolute Gasteiger partial charge is 0.128 e. The van der Waals surface area contributed by atoms with Crippen LogP contribution in [-0.4, -0.2) is 23.9 Å². The summed E-state index contributed by atoms with van der Waals surface area (Å²) >= 11 is 0. The summed E-state index contributed by atoms with van der Waals surface area (Å²) in [4.78, 5) is 4.43. The van der Waals surface area contributed by atoms with Crippen LogP contribution in [0, 0.1) is 5.82 Å². The molecule has 3 heteroatoms. The summed E-state index contributed by atoms with van der Waals surface area (Å²) in [5.74, 6) is -0.0631. The minimum Gasteiger partial charge on any atom is -0.298 e. The van der Waals surface area contributed by atoms with Gasteiger partial charge >= 0.3 is 0 Å². The quantitative estimate of drug-likeness (QED) is 0.710.